The molecule has 3 N–H and O–H groups in total. The highest BCUT2D eigenvalue weighted by Gasteiger charge is 2.30. The number of carbonyl (C=O) groups excluding carboxylic acids is 1. The lowest BCUT2D eigenvalue weighted by atomic mass is 10.1. The molecule has 1 saturated heterocycles. The lowest BCUT2D eigenvalue weighted by molar-refractivity contribution is -0.141. The van der Waals surface area contributed by atoms with Gasteiger partial charge in [0.1, 0.15) is 0 Å². The molecule has 1 saturated carbocycles. The maximum absolute atomic E-state index is 11.8. The molecule has 0 aromatic carbocycles. The second kappa shape index (κ2) is 6.92. The summed E-state index contributed by atoms with van der Waals surface area (Å²) in [5, 5.41) is 14.7. The number of amides is 2. The Morgan fingerprint density at radius 3 is 2.75 bits per heavy atom. The highest BCUT2D eigenvalue weighted by Crippen LogP contribution is 2.25. The van der Waals surface area contributed by atoms with E-state index in [4.69, 9.17) is 5.11 Å². The number of nitrogens with zero attached hydrogens (tertiary/aromatic N) is 1. The van der Waals surface area contributed by atoms with Crippen molar-refractivity contribution in [1.29, 1.82) is 0 Å². The molecule has 2 fully saturated rings. The first-order valence-corrected chi connectivity index (χ1v) is 7.61. The Balaban J connectivity index is 1.67. The molecular weight excluding hydrogens is 258 g/mol. The van der Waals surface area contributed by atoms with Crippen LogP contribution in [-0.4, -0.2) is 53.7 Å². The molecule has 2 rings (SSSR count). The maximum Gasteiger partial charge on any atom is 0.315 e. The van der Waals surface area contributed by atoms with Crippen LogP contribution in [0.2, 0.25) is 0 Å². The number of carboxylic acid groups (broad SMARTS) is 1. The number of aliphatic carboxylic acids is 1. The highest BCUT2D eigenvalue weighted by atomic mass is 16.4. The molecule has 3 atom stereocenters. The molecule has 6 nitrogen and oxygen atoms in total. The topological polar surface area (TPSA) is 81.7 Å². The van der Waals surface area contributed by atoms with Crippen molar-refractivity contribution in [1.82, 2.24) is 15.5 Å². The van der Waals surface area contributed by atoms with E-state index < -0.39 is 5.97 Å². The third kappa shape index (κ3) is 3.85. The average Bonchev–Trinajstić information content (AvgIpc) is 3.04. The Labute approximate surface area is 119 Å². The van der Waals surface area contributed by atoms with Crippen molar-refractivity contribution in [2.45, 2.75) is 51.1 Å². The zero-order chi connectivity index (χ0) is 14.5. The highest BCUT2D eigenvalue weighted by molar-refractivity contribution is 5.75. The van der Waals surface area contributed by atoms with E-state index in [0.717, 1.165) is 25.9 Å². The van der Waals surface area contributed by atoms with Crippen molar-refractivity contribution in [3.8, 4) is 0 Å². The summed E-state index contributed by atoms with van der Waals surface area (Å²) in [6, 6.07) is 0.284. The van der Waals surface area contributed by atoms with Gasteiger partial charge in [0.2, 0.25) is 0 Å². The third-order valence-electron chi connectivity index (χ3n) is 4.52. The number of carbonyl (C=O) groups is 2. The fourth-order valence-corrected chi connectivity index (χ4v) is 3.33. The Hall–Kier alpha value is -1.30. The van der Waals surface area contributed by atoms with Crippen LogP contribution in [0.15, 0.2) is 0 Å². The fourth-order valence-electron chi connectivity index (χ4n) is 3.33. The fraction of sp³-hybridized carbons (Fsp3) is 0.857. The lowest BCUT2D eigenvalue weighted by Crippen LogP contribution is -2.46. The van der Waals surface area contributed by atoms with Crippen molar-refractivity contribution in [2.75, 3.05) is 19.6 Å². The second-order valence-electron chi connectivity index (χ2n) is 5.82. The Kier molecular flexibility index (Phi) is 5.23. The van der Waals surface area contributed by atoms with Gasteiger partial charge in [-0.05, 0) is 45.2 Å². The van der Waals surface area contributed by atoms with Gasteiger partial charge < -0.3 is 15.7 Å². The summed E-state index contributed by atoms with van der Waals surface area (Å²) < 4.78 is 0. The number of rotatable bonds is 5. The first-order chi connectivity index (χ1) is 9.60. The van der Waals surface area contributed by atoms with E-state index >= 15 is 0 Å². The summed E-state index contributed by atoms with van der Waals surface area (Å²) in [5.74, 6) is -1.05. The number of urea groups is 1. The van der Waals surface area contributed by atoms with Gasteiger partial charge in [-0.25, -0.2) is 4.79 Å². The van der Waals surface area contributed by atoms with Crippen molar-refractivity contribution >= 4 is 12.0 Å². The van der Waals surface area contributed by atoms with Crippen LogP contribution >= 0.6 is 0 Å². The standard InChI is InChI=1S/C14H25N3O3/c1-2-17-7-3-4-12(17)9-15-14(20)16-11-6-5-10(8-11)13(18)19/h10-12H,2-9H2,1H3,(H,18,19)(H2,15,16,20). The summed E-state index contributed by atoms with van der Waals surface area (Å²) in [6.07, 6.45) is 4.30. The van der Waals surface area contributed by atoms with Gasteiger partial charge >= 0.3 is 12.0 Å². The molecule has 1 aliphatic heterocycles. The maximum atomic E-state index is 11.8. The molecule has 0 aromatic heterocycles. The van der Waals surface area contributed by atoms with Crippen molar-refractivity contribution in [2.24, 2.45) is 5.92 Å². The monoisotopic (exact) mass is 283 g/mol. The molecule has 1 aliphatic carbocycles. The van der Waals surface area contributed by atoms with Crippen LogP contribution in [0.5, 0.6) is 0 Å². The summed E-state index contributed by atoms with van der Waals surface area (Å²) in [7, 11) is 0. The van der Waals surface area contributed by atoms with Crippen LogP contribution in [0, 0.1) is 5.92 Å². The van der Waals surface area contributed by atoms with Crippen LogP contribution < -0.4 is 10.6 Å². The Morgan fingerprint density at radius 1 is 1.30 bits per heavy atom. The number of hydrogen-bond acceptors (Lipinski definition) is 3. The predicted molar refractivity (Wildman–Crippen MR) is 75.6 cm³/mol. The first-order valence-electron chi connectivity index (χ1n) is 7.61. The average molecular weight is 283 g/mol. The minimum atomic E-state index is -0.751. The van der Waals surface area contributed by atoms with E-state index in [9.17, 15) is 9.59 Å². The second-order valence-corrected chi connectivity index (χ2v) is 5.82. The predicted octanol–water partition coefficient (Wildman–Crippen LogP) is 1.02. The first kappa shape index (κ1) is 15.1. The zero-order valence-corrected chi connectivity index (χ0v) is 12.1. The summed E-state index contributed by atoms with van der Waals surface area (Å²) in [4.78, 5) is 25.1. The van der Waals surface area contributed by atoms with Crippen LogP contribution in [0.25, 0.3) is 0 Å². The van der Waals surface area contributed by atoms with Gasteiger partial charge in [0, 0.05) is 18.6 Å². The molecule has 20 heavy (non-hydrogen) atoms. The van der Waals surface area contributed by atoms with Crippen molar-refractivity contribution in [3.05, 3.63) is 0 Å². The molecule has 1 heterocycles. The van der Waals surface area contributed by atoms with Crippen LogP contribution in [0.4, 0.5) is 4.79 Å². The third-order valence-corrected chi connectivity index (χ3v) is 4.52. The number of hydrogen-bond donors (Lipinski definition) is 3. The van der Waals surface area contributed by atoms with Crippen LogP contribution in [0.1, 0.15) is 39.0 Å². The number of nitrogens with one attached hydrogen (secondary N) is 2. The minimum absolute atomic E-state index is 0.00181. The number of likely N-dealkylation sites (tertiary alicyclic amines) is 1. The van der Waals surface area contributed by atoms with E-state index in [1.54, 1.807) is 0 Å². The Bertz CT molecular complexity index is 362. The van der Waals surface area contributed by atoms with Gasteiger partial charge in [0.25, 0.3) is 0 Å². The normalized spacial score (nSPS) is 30.4. The molecule has 2 aliphatic rings. The molecule has 0 radical (unpaired) electrons. The molecule has 3 unspecified atom stereocenters. The van der Waals surface area contributed by atoms with E-state index in [0.29, 0.717) is 25.4 Å². The van der Waals surface area contributed by atoms with Gasteiger partial charge in [-0.15, -0.1) is 0 Å². The number of carboxylic acids is 1. The number of likely N-dealkylation sites (N-methyl/N-ethyl adjacent to an activating group) is 1. The van der Waals surface area contributed by atoms with Gasteiger partial charge in [-0.1, -0.05) is 6.92 Å². The largest absolute Gasteiger partial charge is 0.481 e. The van der Waals surface area contributed by atoms with Crippen LogP contribution in [-0.2, 0) is 4.79 Å². The van der Waals surface area contributed by atoms with Gasteiger partial charge in [-0.2, -0.15) is 0 Å². The van der Waals surface area contributed by atoms with E-state index in [-0.39, 0.29) is 18.0 Å². The van der Waals surface area contributed by atoms with Gasteiger partial charge in [0.15, 0.2) is 0 Å². The van der Waals surface area contributed by atoms with Gasteiger partial charge in [-0.3, -0.25) is 9.69 Å². The summed E-state index contributed by atoms with van der Waals surface area (Å²) >= 11 is 0. The molecule has 2 amide bonds. The van der Waals surface area contributed by atoms with Crippen LogP contribution in [0.3, 0.4) is 0 Å². The molecule has 114 valence electrons. The molecular formula is C14H25N3O3. The minimum Gasteiger partial charge on any atom is -0.481 e. The lowest BCUT2D eigenvalue weighted by Gasteiger charge is -2.23. The molecule has 0 aromatic rings. The van der Waals surface area contributed by atoms with Crippen molar-refractivity contribution in [3.63, 3.8) is 0 Å². The summed E-state index contributed by atoms with van der Waals surface area (Å²) in [6.45, 7) is 4.96. The Morgan fingerprint density at radius 2 is 2.10 bits per heavy atom. The molecule has 6 heteroatoms. The zero-order valence-electron chi connectivity index (χ0n) is 12.1. The summed E-state index contributed by atoms with van der Waals surface area (Å²) in [5.41, 5.74) is 0. The smallest absolute Gasteiger partial charge is 0.315 e. The molecule has 0 spiro atoms. The quantitative estimate of drug-likeness (QED) is 0.703. The van der Waals surface area contributed by atoms with Gasteiger partial charge in [0.05, 0.1) is 5.92 Å². The van der Waals surface area contributed by atoms with E-state index in [2.05, 4.69) is 22.5 Å². The molecule has 0 bridgehead atoms. The SMILES string of the molecule is CCN1CCCC1CNC(=O)NC1CCC(C(=O)O)C1. The van der Waals surface area contributed by atoms with E-state index in [1.165, 1.54) is 6.42 Å². The van der Waals surface area contributed by atoms with E-state index in [1.807, 2.05) is 0 Å². The van der Waals surface area contributed by atoms with Crippen molar-refractivity contribution < 1.29 is 14.7 Å².